The number of benzene rings is 1. The summed E-state index contributed by atoms with van der Waals surface area (Å²) >= 11 is 1.48. The zero-order valence-electron chi connectivity index (χ0n) is 10.8. The molecule has 1 atom stereocenters. The molecule has 0 fully saturated rings. The van der Waals surface area contributed by atoms with Gasteiger partial charge in [-0.3, -0.25) is 10.1 Å². The van der Waals surface area contributed by atoms with Crippen LogP contribution >= 0.6 is 11.3 Å². The average Bonchev–Trinajstić information content (AvgIpc) is 2.93. The molecular formula is C14H13F2NO3S. The van der Waals surface area contributed by atoms with Gasteiger partial charge in [0, 0.05) is 17.0 Å². The van der Waals surface area contributed by atoms with E-state index in [-0.39, 0.29) is 11.3 Å². The molecule has 112 valence electrons. The fourth-order valence-electron chi connectivity index (χ4n) is 1.87. The SMILES string of the molecule is O=C(O)C(NCc1cccs1)c1ccccc1OC(F)F. The Balaban J connectivity index is 2.19. The van der Waals surface area contributed by atoms with Gasteiger partial charge < -0.3 is 9.84 Å². The van der Waals surface area contributed by atoms with Crippen LogP contribution in [0.15, 0.2) is 41.8 Å². The van der Waals surface area contributed by atoms with Gasteiger partial charge in [0.15, 0.2) is 0 Å². The topological polar surface area (TPSA) is 58.6 Å². The molecule has 1 heterocycles. The molecule has 0 aliphatic heterocycles. The molecule has 2 rings (SSSR count). The number of rotatable bonds is 7. The summed E-state index contributed by atoms with van der Waals surface area (Å²) < 4.78 is 29.2. The van der Waals surface area contributed by atoms with Crippen molar-refractivity contribution in [2.24, 2.45) is 0 Å². The average molecular weight is 313 g/mol. The maximum Gasteiger partial charge on any atom is 0.387 e. The van der Waals surface area contributed by atoms with Gasteiger partial charge >= 0.3 is 12.6 Å². The molecule has 1 aromatic carbocycles. The predicted molar refractivity (Wildman–Crippen MR) is 74.6 cm³/mol. The lowest BCUT2D eigenvalue weighted by Crippen LogP contribution is -2.28. The number of ether oxygens (including phenoxy) is 1. The van der Waals surface area contributed by atoms with E-state index in [2.05, 4.69) is 10.1 Å². The monoisotopic (exact) mass is 313 g/mol. The minimum absolute atomic E-state index is 0.140. The number of carboxylic acids is 1. The molecular weight excluding hydrogens is 300 g/mol. The van der Waals surface area contributed by atoms with Crippen LogP contribution in [0.3, 0.4) is 0 Å². The first-order valence-corrected chi connectivity index (χ1v) is 6.98. The van der Waals surface area contributed by atoms with Gasteiger partial charge in [-0.2, -0.15) is 8.78 Å². The van der Waals surface area contributed by atoms with Crippen molar-refractivity contribution >= 4 is 17.3 Å². The Morgan fingerprint density at radius 2 is 2.05 bits per heavy atom. The zero-order chi connectivity index (χ0) is 15.2. The summed E-state index contributed by atoms with van der Waals surface area (Å²) in [6, 6.07) is 8.46. The second kappa shape index (κ2) is 7.14. The number of hydrogen-bond acceptors (Lipinski definition) is 4. The number of para-hydroxylation sites is 1. The fraction of sp³-hybridized carbons (Fsp3) is 0.214. The van der Waals surface area contributed by atoms with Gasteiger partial charge in [-0.1, -0.05) is 24.3 Å². The first kappa shape index (κ1) is 15.4. The van der Waals surface area contributed by atoms with Gasteiger partial charge in [0.25, 0.3) is 0 Å². The van der Waals surface area contributed by atoms with Crippen molar-refractivity contribution in [2.75, 3.05) is 0 Å². The van der Waals surface area contributed by atoms with Crippen LogP contribution in [0.2, 0.25) is 0 Å². The van der Waals surface area contributed by atoms with Crippen molar-refractivity contribution in [3.8, 4) is 5.75 Å². The number of alkyl halides is 2. The maximum atomic E-state index is 12.4. The summed E-state index contributed by atoms with van der Waals surface area (Å²) in [7, 11) is 0. The van der Waals surface area contributed by atoms with Crippen LogP contribution in [0.25, 0.3) is 0 Å². The Labute approximate surface area is 124 Å². The highest BCUT2D eigenvalue weighted by Crippen LogP contribution is 2.27. The summed E-state index contributed by atoms with van der Waals surface area (Å²) in [6.07, 6.45) is 0. The second-order valence-corrected chi connectivity index (χ2v) is 5.18. The molecule has 0 amide bonds. The molecule has 0 aliphatic carbocycles. The first-order valence-electron chi connectivity index (χ1n) is 6.10. The number of halogens is 2. The summed E-state index contributed by atoms with van der Waals surface area (Å²) in [5.41, 5.74) is 0.168. The standard InChI is InChI=1S/C14H13F2NO3S/c15-14(16)20-11-6-2-1-5-10(11)12(13(18)19)17-8-9-4-3-7-21-9/h1-7,12,14,17H,8H2,(H,18,19). The Morgan fingerprint density at radius 1 is 1.29 bits per heavy atom. The van der Waals surface area contributed by atoms with E-state index in [4.69, 9.17) is 0 Å². The fourth-order valence-corrected chi connectivity index (χ4v) is 2.52. The normalized spacial score (nSPS) is 12.3. The number of carboxylic acid groups (broad SMARTS) is 1. The first-order chi connectivity index (χ1) is 10.1. The molecule has 0 radical (unpaired) electrons. The molecule has 7 heteroatoms. The van der Waals surface area contributed by atoms with E-state index in [1.54, 1.807) is 6.07 Å². The van der Waals surface area contributed by atoms with Gasteiger partial charge in [-0.25, -0.2) is 0 Å². The van der Waals surface area contributed by atoms with Crippen molar-refractivity contribution in [1.29, 1.82) is 0 Å². The number of aliphatic carboxylic acids is 1. The van der Waals surface area contributed by atoms with Gasteiger partial charge in [-0.05, 0) is 17.5 Å². The van der Waals surface area contributed by atoms with Crippen LogP contribution in [0.4, 0.5) is 8.78 Å². The Bertz CT molecular complexity index is 590. The molecule has 1 unspecified atom stereocenters. The van der Waals surface area contributed by atoms with Crippen LogP contribution in [-0.4, -0.2) is 17.7 Å². The highest BCUT2D eigenvalue weighted by molar-refractivity contribution is 7.09. The Hall–Kier alpha value is -1.99. The third-order valence-electron chi connectivity index (χ3n) is 2.75. The predicted octanol–water partition coefficient (Wildman–Crippen LogP) is 3.27. The molecule has 0 saturated carbocycles. The van der Waals surface area contributed by atoms with Crippen molar-refractivity contribution < 1.29 is 23.4 Å². The molecule has 21 heavy (non-hydrogen) atoms. The van der Waals surface area contributed by atoms with Gasteiger partial charge in [0.1, 0.15) is 11.8 Å². The van der Waals surface area contributed by atoms with Crippen LogP contribution in [0.1, 0.15) is 16.5 Å². The number of hydrogen-bond donors (Lipinski definition) is 2. The van der Waals surface area contributed by atoms with Crippen LogP contribution in [0, 0.1) is 0 Å². The summed E-state index contributed by atoms with van der Waals surface area (Å²) in [5.74, 6) is -1.30. The Kier molecular flexibility index (Phi) is 5.24. The van der Waals surface area contributed by atoms with Crippen molar-refractivity contribution in [2.45, 2.75) is 19.2 Å². The number of thiophene rings is 1. The van der Waals surface area contributed by atoms with Crippen LogP contribution in [-0.2, 0) is 11.3 Å². The lowest BCUT2D eigenvalue weighted by molar-refractivity contribution is -0.139. The van der Waals surface area contributed by atoms with E-state index in [1.165, 1.54) is 29.5 Å². The van der Waals surface area contributed by atoms with E-state index >= 15 is 0 Å². The van der Waals surface area contributed by atoms with Gasteiger partial charge in [0.2, 0.25) is 0 Å². The third kappa shape index (κ3) is 4.24. The smallest absolute Gasteiger partial charge is 0.387 e. The van der Waals surface area contributed by atoms with E-state index in [1.807, 2.05) is 17.5 Å². The quantitative estimate of drug-likeness (QED) is 0.824. The highest BCUT2D eigenvalue weighted by Gasteiger charge is 2.24. The van der Waals surface area contributed by atoms with Crippen molar-refractivity contribution in [3.05, 3.63) is 52.2 Å². The lowest BCUT2D eigenvalue weighted by atomic mass is 10.1. The molecule has 0 spiro atoms. The zero-order valence-corrected chi connectivity index (χ0v) is 11.6. The largest absolute Gasteiger partial charge is 0.480 e. The van der Waals surface area contributed by atoms with E-state index < -0.39 is 18.6 Å². The van der Waals surface area contributed by atoms with E-state index in [9.17, 15) is 18.7 Å². The second-order valence-electron chi connectivity index (χ2n) is 4.15. The minimum Gasteiger partial charge on any atom is -0.480 e. The van der Waals surface area contributed by atoms with Crippen molar-refractivity contribution in [1.82, 2.24) is 5.32 Å². The molecule has 0 bridgehead atoms. The van der Waals surface area contributed by atoms with Gasteiger partial charge in [-0.15, -0.1) is 11.3 Å². The Morgan fingerprint density at radius 3 is 2.67 bits per heavy atom. The van der Waals surface area contributed by atoms with E-state index in [0.29, 0.717) is 6.54 Å². The van der Waals surface area contributed by atoms with Crippen LogP contribution in [0.5, 0.6) is 5.75 Å². The lowest BCUT2D eigenvalue weighted by Gasteiger charge is -2.18. The number of nitrogens with one attached hydrogen (secondary N) is 1. The summed E-state index contributed by atoms with van der Waals surface area (Å²) in [5, 5.41) is 14.0. The molecule has 0 aliphatic rings. The summed E-state index contributed by atoms with van der Waals surface area (Å²) in [6.45, 7) is -2.67. The summed E-state index contributed by atoms with van der Waals surface area (Å²) in [4.78, 5) is 12.3. The molecule has 1 aromatic heterocycles. The number of carbonyl (C=O) groups is 1. The maximum absolute atomic E-state index is 12.4. The minimum atomic E-state index is -3.00. The van der Waals surface area contributed by atoms with Gasteiger partial charge in [0.05, 0.1) is 0 Å². The molecule has 4 nitrogen and oxygen atoms in total. The molecule has 0 saturated heterocycles. The van der Waals surface area contributed by atoms with E-state index in [0.717, 1.165) is 4.88 Å². The third-order valence-corrected chi connectivity index (χ3v) is 3.63. The van der Waals surface area contributed by atoms with Crippen molar-refractivity contribution in [3.63, 3.8) is 0 Å². The molecule has 2 aromatic rings. The highest BCUT2D eigenvalue weighted by atomic mass is 32.1. The molecule has 2 N–H and O–H groups in total. The van der Waals surface area contributed by atoms with Crippen LogP contribution < -0.4 is 10.1 Å².